The Morgan fingerprint density at radius 1 is 1.23 bits per heavy atom. The zero-order valence-corrected chi connectivity index (χ0v) is 13.5. The predicted molar refractivity (Wildman–Crippen MR) is 93.2 cm³/mol. The molecule has 1 unspecified atom stereocenters. The van der Waals surface area contributed by atoms with E-state index in [4.69, 9.17) is 5.11 Å². The second kappa shape index (κ2) is 8.66. The number of urea groups is 1. The summed E-state index contributed by atoms with van der Waals surface area (Å²) in [6, 6.07) is 14.1. The number of carbonyl (C=O) groups excluding carboxylic acids is 1. The van der Waals surface area contributed by atoms with Gasteiger partial charge in [0.1, 0.15) is 0 Å². The molecule has 0 fully saturated rings. The SMILES string of the molecule is CSCC(CCO)NC(=O)NCc1ccc2ccccc2c1. The predicted octanol–water partition coefficient (Wildman–Crippen LogP) is 2.75. The van der Waals surface area contributed by atoms with Crippen LogP contribution in [0.15, 0.2) is 42.5 Å². The zero-order chi connectivity index (χ0) is 15.8. The van der Waals surface area contributed by atoms with Crippen LogP contribution in [0, 0.1) is 0 Å². The minimum atomic E-state index is -0.194. The number of amides is 2. The first-order chi connectivity index (χ1) is 10.7. The average molecular weight is 318 g/mol. The van der Waals surface area contributed by atoms with Gasteiger partial charge in [-0.3, -0.25) is 0 Å². The third kappa shape index (κ3) is 4.93. The van der Waals surface area contributed by atoms with Gasteiger partial charge < -0.3 is 15.7 Å². The van der Waals surface area contributed by atoms with Gasteiger partial charge in [-0.1, -0.05) is 36.4 Å². The van der Waals surface area contributed by atoms with Crippen molar-refractivity contribution < 1.29 is 9.90 Å². The van der Waals surface area contributed by atoms with Gasteiger partial charge in [0.2, 0.25) is 0 Å². The van der Waals surface area contributed by atoms with Crippen LogP contribution >= 0.6 is 11.8 Å². The van der Waals surface area contributed by atoms with Gasteiger partial charge in [-0.25, -0.2) is 4.79 Å². The fourth-order valence-electron chi connectivity index (χ4n) is 2.32. The van der Waals surface area contributed by atoms with Crippen LogP contribution in [0.4, 0.5) is 4.79 Å². The molecule has 3 N–H and O–H groups in total. The van der Waals surface area contributed by atoms with Crippen LogP contribution in [0.25, 0.3) is 10.8 Å². The molecular weight excluding hydrogens is 296 g/mol. The molecule has 22 heavy (non-hydrogen) atoms. The first-order valence-electron chi connectivity index (χ1n) is 7.34. The molecule has 0 saturated heterocycles. The van der Waals surface area contributed by atoms with E-state index in [1.807, 2.05) is 24.5 Å². The quantitative estimate of drug-likeness (QED) is 0.735. The number of carbonyl (C=O) groups is 1. The molecule has 2 aromatic carbocycles. The topological polar surface area (TPSA) is 61.4 Å². The Hall–Kier alpha value is -1.72. The third-order valence-corrected chi connectivity index (χ3v) is 4.18. The van der Waals surface area contributed by atoms with E-state index in [1.165, 1.54) is 10.8 Å². The van der Waals surface area contributed by atoms with Crippen molar-refractivity contribution in [2.75, 3.05) is 18.6 Å². The summed E-state index contributed by atoms with van der Waals surface area (Å²) in [5.41, 5.74) is 1.07. The molecule has 2 amide bonds. The molecule has 0 aliphatic heterocycles. The summed E-state index contributed by atoms with van der Waals surface area (Å²) < 4.78 is 0. The number of hydrogen-bond donors (Lipinski definition) is 3. The van der Waals surface area contributed by atoms with Gasteiger partial charge in [-0.05, 0) is 35.1 Å². The molecule has 0 heterocycles. The minimum Gasteiger partial charge on any atom is -0.396 e. The maximum absolute atomic E-state index is 11.9. The van der Waals surface area contributed by atoms with Crippen molar-refractivity contribution in [3.63, 3.8) is 0 Å². The Morgan fingerprint density at radius 3 is 2.73 bits per heavy atom. The van der Waals surface area contributed by atoms with E-state index in [1.54, 1.807) is 11.8 Å². The number of nitrogens with one attached hydrogen (secondary N) is 2. The first-order valence-corrected chi connectivity index (χ1v) is 8.74. The monoisotopic (exact) mass is 318 g/mol. The lowest BCUT2D eigenvalue weighted by molar-refractivity contribution is 0.231. The van der Waals surface area contributed by atoms with Crippen molar-refractivity contribution in [1.29, 1.82) is 0 Å². The molecule has 0 radical (unpaired) electrons. The molecular formula is C17H22N2O2S. The number of thioether (sulfide) groups is 1. The smallest absolute Gasteiger partial charge is 0.315 e. The summed E-state index contributed by atoms with van der Waals surface area (Å²) in [4.78, 5) is 11.9. The summed E-state index contributed by atoms with van der Waals surface area (Å²) in [6.45, 7) is 0.567. The Bertz CT molecular complexity index is 612. The normalized spacial score (nSPS) is 12.1. The summed E-state index contributed by atoms with van der Waals surface area (Å²) in [5, 5.41) is 17.1. The van der Waals surface area contributed by atoms with E-state index < -0.39 is 0 Å². The van der Waals surface area contributed by atoms with Gasteiger partial charge in [-0.2, -0.15) is 11.8 Å². The van der Waals surface area contributed by atoms with E-state index in [9.17, 15) is 4.79 Å². The van der Waals surface area contributed by atoms with Gasteiger partial charge in [0.25, 0.3) is 0 Å². The van der Waals surface area contributed by atoms with Gasteiger partial charge in [0.05, 0.1) is 0 Å². The second-order valence-electron chi connectivity index (χ2n) is 5.17. The molecule has 0 spiro atoms. The van der Waals surface area contributed by atoms with E-state index >= 15 is 0 Å². The van der Waals surface area contributed by atoms with Crippen LogP contribution in [-0.4, -0.2) is 35.8 Å². The molecule has 2 rings (SSSR count). The van der Waals surface area contributed by atoms with Crippen LogP contribution in [-0.2, 0) is 6.54 Å². The highest BCUT2D eigenvalue weighted by atomic mass is 32.2. The second-order valence-corrected chi connectivity index (χ2v) is 6.08. The first kappa shape index (κ1) is 16.6. The molecule has 4 nitrogen and oxygen atoms in total. The highest BCUT2D eigenvalue weighted by Crippen LogP contribution is 2.15. The van der Waals surface area contributed by atoms with Crippen molar-refractivity contribution >= 4 is 28.6 Å². The van der Waals surface area contributed by atoms with Gasteiger partial charge in [-0.15, -0.1) is 0 Å². The van der Waals surface area contributed by atoms with Crippen molar-refractivity contribution in [2.24, 2.45) is 0 Å². The number of benzene rings is 2. The Balaban J connectivity index is 1.88. The minimum absolute atomic E-state index is 0.00314. The van der Waals surface area contributed by atoms with Gasteiger partial charge in [0, 0.05) is 24.9 Å². The van der Waals surface area contributed by atoms with Crippen molar-refractivity contribution in [1.82, 2.24) is 10.6 Å². The van der Waals surface area contributed by atoms with E-state index in [0.717, 1.165) is 11.3 Å². The maximum Gasteiger partial charge on any atom is 0.315 e. The summed E-state index contributed by atoms with van der Waals surface area (Å²) in [7, 11) is 0. The Morgan fingerprint density at radius 2 is 2.00 bits per heavy atom. The number of aliphatic hydroxyl groups is 1. The molecule has 2 aromatic rings. The maximum atomic E-state index is 11.9. The standard InChI is InChI=1S/C17H22N2O2S/c1-22-12-16(8-9-20)19-17(21)18-11-13-6-7-14-4-2-3-5-15(14)10-13/h2-7,10,16,20H,8-9,11-12H2,1H3,(H2,18,19,21). The molecule has 0 saturated carbocycles. The highest BCUT2D eigenvalue weighted by Gasteiger charge is 2.10. The molecule has 0 aliphatic rings. The lowest BCUT2D eigenvalue weighted by Crippen LogP contribution is -2.43. The van der Waals surface area contributed by atoms with Crippen LogP contribution < -0.4 is 10.6 Å². The van der Waals surface area contributed by atoms with Crippen LogP contribution in [0.3, 0.4) is 0 Å². The number of rotatable bonds is 7. The third-order valence-electron chi connectivity index (χ3n) is 3.45. The van der Waals surface area contributed by atoms with Crippen molar-refractivity contribution in [3.8, 4) is 0 Å². The fourth-order valence-corrected chi connectivity index (χ4v) is 2.97. The van der Waals surface area contributed by atoms with Gasteiger partial charge in [0.15, 0.2) is 0 Å². The highest BCUT2D eigenvalue weighted by molar-refractivity contribution is 7.98. The fraction of sp³-hybridized carbons (Fsp3) is 0.353. The molecule has 1 atom stereocenters. The van der Waals surface area contributed by atoms with Crippen LogP contribution in [0.5, 0.6) is 0 Å². The summed E-state index contributed by atoms with van der Waals surface area (Å²) >= 11 is 1.65. The van der Waals surface area contributed by atoms with E-state index in [-0.39, 0.29) is 18.7 Å². The molecule has 0 aliphatic carbocycles. The largest absolute Gasteiger partial charge is 0.396 e. The molecule has 0 aromatic heterocycles. The average Bonchev–Trinajstić information content (AvgIpc) is 2.53. The Labute approximate surface area is 135 Å². The van der Waals surface area contributed by atoms with Crippen molar-refractivity contribution in [3.05, 3.63) is 48.0 Å². The number of hydrogen-bond acceptors (Lipinski definition) is 3. The Kier molecular flexibility index (Phi) is 6.55. The summed E-state index contributed by atoms with van der Waals surface area (Å²) in [6.07, 6.45) is 2.56. The van der Waals surface area contributed by atoms with Gasteiger partial charge >= 0.3 is 6.03 Å². The van der Waals surface area contributed by atoms with Crippen molar-refractivity contribution in [2.45, 2.75) is 19.0 Å². The van der Waals surface area contributed by atoms with E-state index in [2.05, 4.69) is 34.9 Å². The van der Waals surface area contributed by atoms with E-state index in [0.29, 0.717) is 13.0 Å². The molecule has 0 bridgehead atoms. The molecule has 5 heteroatoms. The molecule has 118 valence electrons. The number of fused-ring (bicyclic) bond motifs is 1. The lowest BCUT2D eigenvalue weighted by Gasteiger charge is -2.17. The number of aliphatic hydroxyl groups excluding tert-OH is 1. The summed E-state index contributed by atoms with van der Waals surface area (Å²) in [5.74, 6) is 0.796. The lowest BCUT2D eigenvalue weighted by atomic mass is 10.1. The van der Waals surface area contributed by atoms with Crippen LogP contribution in [0.1, 0.15) is 12.0 Å². The zero-order valence-electron chi connectivity index (χ0n) is 12.7. The van der Waals surface area contributed by atoms with Crippen LogP contribution in [0.2, 0.25) is 0 Å².